The van der Waals surface area contributed by atoms with Gasteiger partial charge in [-0.2, -0.15) is 0 Å². The number of likely N-dealkylation sites (tertiary alicyclic amines) is 1. The third-order valence-corrected chi connectivity index (χ3v) is 4.29. The highest BCUT2D eigenvalue weighted by Crippen LogP contribution is 2.18. The number of aliphatic hydroxyl groups is 1. The van der Waals surface area contributed by atoms with Crippen molar-refractivity contribution in [3.63, 3.8) is 0 Å². The molecule has 1 aliphatic heterocycles. The largest absolute Gasteiger partial charge is 0.473 e. The summed E-state index contributed by atoms with van der Waals surface area (Å²) in [5, 5.41) is 9.49. The Kier molecular flexibility index (Phi) is 5.49. The minimum absolute atomic E-state index is 0.00973. The van der Waals surface area contributed by atoms with Gasteiger partial charge in [0.2, 0.25) is 5.88 Å². The molecular formula is C19H22FN3O3. The van der Waals surface area contributed by atoms with E-state index in [1.807, 2.05) is 19.1 Å². The van der Waals surface area contributed by atoms with Crippen molar-refractivity contribution in [2.24, 2.45) is 5.73 Å². The van der Waals surface area contributed by atoms with Crippen LogP contribution >= 0.6 is 0 Å². The summed E-state index contributed by atoms with van der Waals surface area (Å²) in [6.07, 6.45) is -2.51. The van der Waals surface area contributed by atoms with Crippen LogP contribution < -0.4 is 10.5 Å². The second kappa shape index (κ2) is 7.80. The monoisotopic (exact) mass is 359 g/mol. The lowest BCUT2D eigenvalue weighted by molar-refractivity contribution is 0.0764. The summed E-state index contributed by atoms with van der Waals surface area (Å²) in [5.74, 6) is 0.176. The van der Waals surface area contributed by atoms with Crippen LogP contribution in [0.4, 0.5) is 4.39 Å². The molecule has 1 fully saturated rings. The molecule has 3 rings (SSSR count). The molecule has 138 valence electrons. The van der Waals surface area contributed by atoms with E-state index in [1.54, 1.807) is 24.3 Å². The number of β-amino-alcohol motifs (C(OH)–C–C–N with tert-alkyl or cyclic N) is 1. The first-order valence-electron chi connectivity index (χ1n) is 8.47. The van der Waals surface area contributed by atoms with E-state index in [1.165, 1.54) is 4.90 Å². The van der Waals surface area contributed by atoms with Gasteiger partial charge in [-0.3, -0.25) is 4.79 Å². The zero-order chi connectivity index (χ0) is 18.7. The predicted octanol–water partition coefficient (Wildman–Crippen LogP) is 1.58. The first-order chi connectivity index (χ1) is 12.5. The summed E-state index contributed by atoms with van der Waals surface area (Å²) in [6, 6.07) is 10.7. The molecule has 1 saturated heterocycles. The number of hydrogen-bond acceptors (Lipinski definition) is 5. The minimum Gasteiger partial charge on any atom is -0.473 e. The third kappa shape index (κ3) is 4.17. The van der Waals surface area contributed by atoms with Gasteiger partial charge in [0.1, 0.15) is 18.9 Å². The Morgan fingerprint density at radius 1 is 1.35 bits per heavy atom. The van der Waals surface area contributed by atoms with Crippen molar-refractivity contribution in [1.29, 1.82) is 0 Å². The number of carbonyl (C=O) groups excluding carboxylic acids is 1. The minimum atomic E-state index is -1.39. The number of halogens is 1. The van der Waals surface area contributed by atoms with Crippen LogP contribution in [0.25, 0.3) is 0 Å². The molecule has 6 nitrogen and oxygen atoms in total. The van der Waals surface area contributed by atoms with Crippen molar-refractivity contribution in [2.75, 3.05) is 13.1 Å². The van der Waals surface area contributed by atoms with Crippen LogP contribution in [0, 0.1) is 6.92 Å². The molecule has 2 aromatic rings. The number of carbonyl (C=O) groups is 1. The summed E-state index contributed by atoms with van der Waals surface area (Å²) in [6.45, 7) is 2.44. The Morgan fingerprint density at radius 3 is 2.85 bits per heavy atom. The van der Waals surface area contributed by atoms with Gasteiger partial charge in [0.15, 0.2) is 0 Å². The Bertz CT molecular complexity index is 789. The van der Waals surface area contributed by atoms with Crippen LogP contribution in [-0.2, 0) is 13.2 Å². The van der Waals surface area contributed by atoms with Gasteiger partial charge < -0.3 is 20.5 Å². The predicted molar refractivity (Wildman–Crippen MR) is 94.4 cm³/mol. The second-order valence-electron chi connectivity index (χ2n) is 6.44. The molecule has 2 atom stereocenters. The Morgan fingerprint density at radius 2 is 2.15 bits per heavy atom. The molecule has 0 spiro atoms. The van der Waals surface area contributed by atoms with Gasteiger partial charge in [-0.15, -0.1) is 0 Å². The van der Waals surface area contributed by atoms with Crippen molar-refractivity contribution in [1.82, 2.24) is 9.88 Å². The van der Waals surface area contributed by atoms with E-state index in [9.17, 15) is 14.3 Å². The number of hydrogen-bond donors (Lipinski definition) is 2. The fourth-order valence-electron chi connectivity index (χ4n) is 2.95. The van der Waals surface area contributed by atoms with Crippen molar-refractivity contribution >= 4 is 5.91 Å². The second-order valence-corrected chi connectivity index (χ2v) is 6.44. The van der Waals surface area contributed by atoms with Crippen LogP contribution in [0.1, 0.15) is 27.2 Å². The molecule has 1 aromatic carbocycles. The summed E-state index contributed by atoms with van der Waals surface area (Å²) >= 11 is 0. The average Bonchev–Trinajstić information content (AvgIpc) is 2.98. The van der Waals surface area contributed by atoms with E-state index < -0.39 is 12.3 Å². The zero-order valence-electron chi connectivity index (χ0n) is 14.6. The number of benzene rings is 1. The van der Waals surface area contributed by atoms with Crippen molar-refractivity contribution in [2.45, 2.75) is 32.4 Å². The Balaban J connectivity index is 1.68. The average molecular weight is 359 g/mol. The molecule has 2 unspecified atom stereocenters. The number of aliphatic hydroxyl groups excluding tert-OH is 1. The normalized spacial score (nSPS) is 19.6. The van der Waals surface area contributed by atoms with Crippen molar-refractivity contribution in [3.8, 4) is 5.88 Å². The number of amides is 1. The van der Waals surface area contributed by atoms with E-state index in [-0.39, 0.29) is 25.6 Å². The summed E-state index contributed by atoms with van der Waals surface area (Å²) in [7, 11) is 0. The van der Waals surface area contributed by atoms with Crippen LogP contribution in [0.5, 0.6) is 5.88 Å². The number of nitrogens with two attached hydrogens (primary N) is 1. The SMILES string of the molecule is Cc1cc(CN)cc(OCc2cccc(C(=O)N3CC(O)C(F)C3)c2)n1. The van der Waals surface area contributed by atoms with E-state index >= 15 is 0 Å². The first kappa shape index (κ1) is 18.3. The Hall–Kier alpha value is -2.51. The maximum absolute atomic E-state index is 13.4. The van der Waals surface area contributed by atoms with Gasteiger partial charge in [-0.1, -0.05) is 12.1 Å². The number of alkyl halides is 1. The van der Waals surface area contributed by atoms with Crippen LogP contribution in [0.15, 0.2) is 36.4 Å². The van der Waals surface area contributed by atoms with Gasteiger partial charge >= 0.3 is 0 Å². The number of ether oxygens (including phenoxy) is 1. The lowest BCUT2D eigenvalue weighted by Crippen LogP contribution is -2.29. The quantitative estimate of drug-likeness (QED) is 0.846. The standard InChI is InChI=1S/C19H22FN3O3/c1-12-5-14(8-21)7-18(22-12)26-11-13-3-2-4-15(6-13)19(25)23-9-16(20)17(24)10-23/h2-7,16-17,24H,8-11,21H2,1H3. The molecule has 1 amide bonds. The molecule has 0 aliphatic carbocycles. The highest BCUT2D eigenvalue weighted by atomic mass is 19.1. The molecular weight excluding hydrogens is 337 g/mol. The lowest BCUT2D eigenvalue weighted by atomic mass is 10.1. The van der Waals surface area contributed by atoms with Crippen LogP contribution in [0.3, 0.4) is 0 Å². The first-order valence-corrected chi connectivity index (χ1v) is 8.47. The fourth-order valence-corrected chi connectivity index (χ4v) is 2.95. The lowest BCUT2D eigenvalue weighted by Gasteiger charge is -2.16. The number of aryl methyl sites for hydroxylation is 1. The van der Waals surface area contributed by atoms with E-state index in [2.05, 4.69) is 4.98 Å². The Labute approximate surface area is 151 Å². The number of nitrogens with zero attached hydrogens (tertiary/aromatic N) is 2. The van der Waals surface area contributed by atoms with Gasteiger partial charge in [-0.05, 0) is 36.2 Å². The molecule has 26 heavy (non-hydrogen) atoms. The number of rotatable bonds is 5. The molecule has 0 saturated carbocycles. The molecule has 1 aliphatic rings. The highest BCUT2D eigenvalue weighted by molar-refractivity contribution is 5.94. The number of pyridine rings is 1. The van der Waals surface area contributed by atoms with Crippen LogP contribution in [0.2, 0.25) is 0 Å². The van der Waals surface area contributed by atoms with Crippen molar-refractivity contribution in [3.05, 3.63) is 58.8 Å². The maximum atomic E-state index is 13.4. The summed E-state index contributed by atoms with van der Waals surface area (Å²) in [5.41, 5.74) is 8.65. The summed E-state index contributed by atoms with van der Waals surface area (Å²) < 4.78 is 19.2. The fraction of sp³-hybridized carbons (Fsp3) is 0.368. The topological polar surface area (TPSA) is 88.7 Å². The van der Waals surface area contributed by atoms with E-state index in [0.29, 0.717) is 18.0 Å². The number of aromatic nitrogens is 1. The third-order valence-electron chi connectivity index (χ3n) is 4.29. The maximum Gasteiger partial charge on any atom is 0.254 e. The molecule has 7 heteroatoms. The molecule has 0 radical (unpaired) electrons. The zero-order valence-corrected chi connectivity index (χ0v) is 14.6. The van der Waals surface area contributed by atoms with Gasteiger partial charge in [0.25, 0.3) is 5.91 Å². The van der Waals surface area contributed by atoms with Crippen molar-refractivity contribution < 1.29 is 19.0 Å². The highest BCUT2D eigenvalue weighted by Gasteiger charge is 2.34. The molecule has 0 bridgehead atoms. The smallest absolute Gasteiger partial charge is 0.254 e. The van der Waals surface area contributed by atoms with Gasteiger partial charge in [-0.25, -0.2) is 9.37 Å². The van der Waals surface area contributed by atoms with Gasteiger partial charge in [0, 0.05) is 30.4 Å². The molecule has 1 aromatic heterocycles. The van der Waals surface area contributed by atoms with E-state index in [0.717, 1.165) is 16.8 Å². The van der Waals surface area contributed by atoms with E-state index in [4.69, 9.17) is 10.5 Å². The summed E-state index contributed by atoms with van der Waals surface area (Å²) in [4.78, 5) is 18.1. The van der Waals surface area contributed by atoms with Gasteiger partial charge in [0.05, 0.1) is 6.54 Å². The van der Waals surface area contributed by atoms with Crippen LogP contribution in [-0.4, -0.2) is 46.3 Å². The molecule has 2 heterocycles. The molecule has 3 N–H and O–H groups in total.